The molecule has 7 nitrogen and oxygen atoms in total. The van der Waals surface area contributed by atoms with E-state index in [1.54, 1.807) is 6.26 Å². The first-order chi connectivity index (χ1) is 11.0. The van der Waals surface area contributed by atoms with Crippen molar-refractivity contribution in [2.75, 3.05) is 6.61 Å². The molecule has 0 saturated carbocycles. The molecule has 7 heteroatoms. The molecule has 0 fully saturated rings. The fraction of sp³-hybridized carbons (Fsp3) is 0.250. The zero-order valence-electron chi connectivity index (χ0n) is 12.7. The number of carbonyl (C=O) groups is 2. The Morgan fingerprint density at radius 3 is 2.22 bits per heavy atom. The third-order valence-corrected chi connectivity index (χ3v) is 2.63. The van der Waals surface area contributed by atoms with Crippen molar-refractivity contribution in [3.8, 4) is 5.75 Å². The van der Waals surface area contributed by atoms with Gasteiger partial charge in [0.25, 0.3) is 0 Å². The second-order valence-corrected chi connectivity index (χ2v) is 4.37. The summed E-state index contributed by atoms with van der Waals surface area (Å²) in [6.07, 6.45) is 1.69. The van der Waals surface area contributed by atoms with E-state index in [0.29, 0.717) is 6.61 Å². The number of rotatable bonds is 6. The zero-order valence-corrected chi connectivity index (χ0v) is 12.7. The number of furan rings is 1. The second-order valence-electron chi connectivity index (χ2n) is 4.37. The minimum absolute atomic E-state index is 0.704. The lowest BCUT2D eigenvalue weighted by Crippen LogP contribution is -2.11. The lowest BCUT2D eigenvalue weighted by atomic mass is 10.2. The van der Waals surface area contributed by atoms with Crippen molar-refractivity contribution in [1.29, 1.82) is 0 Å². The summed E-state index contributed by atoms with van der Waals surface area (Å²) in [5.41, 5.74) is 1.24. The number of carboxylic acid groups (broad SMARTS) is 2. The predicted octanol–water partition coefficient (Wildman–Crippen LogP) is 2.12. The van der Waals surface area contributed by atoms with Crippen LogP contribution in [0.5, 0.6) is 5.75 Å². The van der Waals surface area contributed by atoms with Gasteiger partial charge in [-0.25, -0.2) is 9.59 Å². The van der Waals surface area contributed by atoms with Gasteiger partial charge in [0.1, 0.15) is 11.5 Å². The number of aliphatic carboxylic acids is 2. The van der Waals surface area contributed by atoms with Gasteiger partial charge in [-0.1, -0.05) is 12.1 Å². The van der Waals surface area contributed by atoms with Gasteiger partial charge in [-0.05, 0) is 36.8 Å². The Balaban J connectivity index is 0.000000379. The van der Waals surface area contributed by atoms with Crippen LogP contribution in [0.25, 0.3) is 0 Å². The Labute approximate surface area is 133 Å². The monoisotopic (exact) mass is 321 g/mol. The molecule has 0 unspecified atom stereocenters. The average molecular weight is 321 g/mol. The molecule has 1 aromatic carbocycles. The minimum Gasteiger partial charge on any atom is -0.494 e. The van der Waals surface area contributed by atoms with E-state index < -0.39 is 11.9 Å². The van der Waals surface area contributed by atoms with Gasteiger partial charge in [-0.2, -0.15) is 0 Å². The largest absolute Gasteiger partial charge is 0.494 e. The molecular weight excluding hydrogens is 302 g/mol. The highest BCUT2D eigenvalue weighted by atomic mass is 16.5. The van der Waals surface area contributed by atoms with Crippen LogP contribution in [0.4, 0.5) is 0 Å². The van der Waals surface area contributed by atoms with E-state index in [9.17, 15) is 0 Å². The summed E-state index contributed by atoms with van der Waals surface area (Å²) >= 11 is 0. The summed E-state index contributed by atoms with van der Waals surface area (Å²) in [6, 6.07) is 12.0. The van der Waals surface area contributed by atoms with Gasteiger partial charge in [-0.15, -0.1) is 0 Å². The topological polar surface area (TPSA) is 109 Å². The Morgan fingerprint density at radius 2 is 1.74 bits per heavy atom. The van der Waals surface area contributed by atoms with Crippen LogP contribution in [0.1, 0.15) is 18.2 Å². The average Bonchev–Trinajstić information content (AvgIpc) is 3.03. The Kier molecular flexibility index (Phi) is 7.95. The van der Waals surface area contributed by atoms with Crippen molar-refractivity contribution < 1.29 is 29.0 Å². The summed E-state index contributed by atoms with van der Waals surface area (Å²) in [5.74, 6) is -1.77. The normalized spacial score (nSPS) is 9.61. The van der Waals surface area contributed by atoms with E-state index in [-0.39, 0.29) is 0 Å². The highest BCUT2D eigenvalue weighted by molar-refractivity contribution is 6.27. The Bertz CT molecular complexity index is 580. The highest BCUT2D eigenvalue weighted by Crippen LogP contribution is 2.12. The number of ether oxygens (including phenoxy) is 1. The first kappa shape index (κ1) is 18.2. The summed E-state index contributed by atoms with van der Waals surface area (Å²) < 4.78 is 10.6. The smallest absolute Gasteiger partial charge is 0.414 e. The van der Waals surface area contributed by atoms with Crippen molar-refractivity contribution in [3.63, 3.8) is 0 Å². The minimum atomic E-state index is -1.82. The van der Waals surface area contributed by atoms with Gasteiger partial charge in [-0.3, -0.25) is 0 Å². The van der Waals surface area contributed by atoms with Crippen LogP contribution in [0.15, 0.2) is 47.1 Å². The molecule has 0 amide bonds. The maximum absolute atomic E-state index is 9.10. The van der Waals surface area contributed by atoms with E-state index in [0.717, 1.165) is 24.6 Å². The second kappa shape index (κ2) is 10.0. The molecule has 0 spiro atoms. The zero-order chi connectivity index (χ0) is 17.1. The lowest BCUT2D eigenvalue weighted by Gasteiger charge is -2.05. The fourth-order valence-electron chi connectivity index (χ4n) is 1.61. The molecule has 0 radical (unpaired) electrons. The molecule has 23 heavy (non-hydrogen) atoms. The van der Waals surface area contributed by atoms with E-state index in [2.05, 4.69) is 17.4 Å². The molecular formula is C16H19NO6. The first-order valence-electron chi connectivity index (χ1n) is 6.94. The predicted molar refractivity (Wildman–Crippen MR) is 82.1 cm³/mol. The molecule has 0 saturated heterocycles. The van der Waals surface area contributed by atoms with Crippen LogP contribution in [-0.2, 0) is 22.7 Å². The summed E-state index contributed by atoms with van der Waals surface area (Å²) in [7, 11) is 0. The molecule has 2 rings (SSSR count). The van der Waals surface area contributed by atoms with E-state index in [1.807, 2.05) is 31.2 Å². The maximum Gasteiger partial charge on any atom is 0.414 e. The lowest BCUT2D eigenvalue weighted by molar-refractivity contribution is -0.159. The van der Waals surface area contributed by atoms with Gasteiger partial charge < -0.3 is 24.7 Å². The summed E-state index contributed by atoms with van der Waals surface area (Å²) in [4.78, 5) is 18.2. The van der Waals surface area contributed by atoms with Gasteiger partial charge in [0.15, 0.2) is 0 Å². The number of benzene rings is 1. The van der Waals surface area contributed by atoms with Gasteiger partial charge >= 0.3 is 11.9 Å². The maximum atomic E-state index is 9.10. The van der Waals surface area contributed by atoms with Crippen molar-refractivity contribution >= 4 is 11.9 Å². The molecule has 1 heterocycles. The Hall–Kier alpha value is -2.80. The van der Waals surface area contributed by atoms with Crippen LogP contribution in [0.2, 0.25) is 0 Å². The van der Waals surface area contributed by atoms with E-state index in [1.165, 1.54) is 5.56 Å². The van der Waals surface area contributed by atoms with Crippen LogP contribution >= 0.6 is 0 Å². The Morgan fingerprint density at radius 1 is 1.09 bits per heavy atom. The van der Waals surface area contributed by atoms with Gasteiger partial charge in [0.2, 0.25) is 0 Å². The highest BCUT2D eigenvalue weighted by Gasteiger charge is 2.04. The first-order valence-corrected chi connectivity index (χ1v) is 6.94. The molecule has 0 aliphatic heterocycles. The number of carboxylic acids is 2. The molecule has 3 N–H and O–H groups in total. The molecule has 0 atom stereocenters. The van der Waals surface area contributed by atoms with Crippen molar-refractivity contribution in [3.05, 3.63) is 54.0 Å². The SMILES string of the molecule is CCOc1ccc(CNCc2ccco2)cc1.O=C(O)C(=O)O. The molecule has 124 valence electrons. The number of nitrogens with one attached hydrogen (secondary N) is 1. The number of hydrogen-bond donors (Lipinski definition) is 3. The third kappa shape index (κ3) is 7.68. The summed E-state index contributed by atoms with van der Waals surface area (Å²) in [6.45, 7) is 4.27. The van der Waals surface area contributed by atoms with Crippen LogP contribution in [0, 0.1) is 0 Å². The molecule has 0 aliphatic rings. The quantitative estimate of drug-likeness (QED) is 0.699. The molecule has 0 aliphatic carbocycles. The fourth-order valence-corrected chi connectivity index (χ4v) is 1.61. The molecule has 2 aromatic rings. The van der Waals surface area contributed by atoms with Crippen molar-refractivity contribution in [1.82, 2.24) is 5.32 Å². The van der Waals surface area contributed by atoms with Gasteiger partial charge in [0.05, 0.1) is 19.4 Å². The van der Waals surface area contributed by atoms with Crippen molar-refractivity contribution in [2.24, 2.45) is 0 Å². The molecule has 1 aromatic heterocycles. The molecule has 0 bridgehead atoms. The third-order valence-electron chi connectivity index (χ3n) is 2.63. The van der Waals surface area contributed by atoms with Crippen LogP contribution in [-0.4, -0.2) is 28.8 Å². The standard InChI is InChI=1S/C14H17NO2.C2H2O4/c1-2-16-13-7-5-12(6-8-13)10-15-11-14-4-3-9-17-14;3-1(4)2(5)6/h3-9,15H,2,10-11H2,1H3;(H,3,4)(H,5,6). The van der Waals surface area contributed by atoms with Crippen LogP contribution in [0.3, 0.4) is 0 Å². The van der Waals surface area contributed by atoms with E-state index in [4.69, 9.17) is 29.0 Å². The van der Waals surface area contributed by atoms with Crippen LogP contribution < -0.4 is 10.1 Å². The van der Waals surface area contributed by atoms with E-state index >= 15 is 0 Å². The number of hydrogen-bond acceptors (Lipinski definition) is 5. The summed E-state index contributed by atoms with van der Waals surface area (Å²) in [5, 5.41) is 18.1. The van der Waals surface area contributed by atoms with Crippen molar-refractivity contribution in [2.45, 2.75) is 20.0 Å². The van der Waals surface area contributed by atoms with Gasteiger partial charge in [0, 0.05) is 6.54 Å².